The maximum Gasteiger partial charge on any atom is 0.157 e. The molecule has 21 heavy (non-hydrogen) atoms. The van der Waals surface area contributed by atoms with Gasteiger partial charge in [0.15, 0.2) is 5.17 Å². The summed E-state index contributed by atoms with van der Waals surface area (Å²) in [6, 6.07) is 19.8. The summed E-state index contributed by atoms with van der Waals surface area (Å²) >= 11 is 1.81. The molecule has 1 N–H and O–H groups in total. The molecule has 3 heteroatoms. The predicted molar refractivity (Wildman–Crippen MR) is 91.8 cm³/mol. The number of rotatable bonds is 3. The molecule has 1 aliphatic rings. The molecule has 0 fully saturated rings. The number of aryl methyl sites for hydroxylation is 1. The first kappa shape index (κ1) is 14.2. The number of hydrogen-bond acceptors (Lipinski definition) is 3. The molecule has 1 aliphatic heterocycles. The van der Waals surface area contributed by atoms with Crippen LogP contribution in [0.1, 0.15) is 35.7 Å². The number of amidine groups is 1. The van der Waals surface area contributed by atoms with Crippen molar-refractivity contribution in [3.63, 3.8) is 0 Å². The van der Waals surface area contributed by atoms with Gasteiger partial charge >= 0.3 is 0 Å². The van der Waals surface area contributed by atoms with Crippen molar-refractivity contribution in [2.45, 2.75) is 25.9 Å². The molecule has 0 saturated heterocycles. The van der Waals surface area contributed by atoms with Crippen LogP contribution in [-0.4, -0.2) is 10.9 Å². The average Bonchev–Trinajstić information content (AvgIpc) is 2.97. The molecule has 0 amide bonds. The second kappa shape index (κ2) is 6.35. The summed E-state index contributed by atoms with van der Waals surface area (Å²) < 4.78 is 0. The van der Waals surface area contributed by atoms with Crippen molar-refractivity contribution in [2.24, 2.45) is 4.99 Å². The summed E-state index contributed by atoms with van der Waals surface area (Å²) in [4.78, 5) is 4.81. The molecular weight excluding hydrogens is 276 g/mol. The molecule has 2 aromatic rings. The number of nitrogens with zero attached hydrogens (tertiary/aromatic N) is 1. The van der Waals surface area contributed by atoms with Crippen LogP contribution in [0.2, 0.25) is 0 Å². The van der Waals surface area contributed by atoms with E-state index >= 15 is 0 Å². The number of nitrogens with one attached hydrogen (secondary N) is 1. The summed E-state index contributed by atoms with van der Waals surface area (Å²) in [6.07, 6.45) is 0. The Labute approximate surface area is 130 Å². The van der Waals surface area contributed by atoms with Gasteiger partial charge in [0.25, 0.3) is 0 Å². The fraction of sp³-hybridized carbons (Fsp3) is 0.278. The van der Waals surface area contributed by atoms with E-state index in [1.807, 2.05) is 17.8 Å². The lowest BCUT2D eigenvalue weighted by Crippen LogP contribution is -2.22. The summed E-state index contributed by atoms with van der Waals surface area (Å²) in [6.45, 7) is 4.30. The molecule has 3 rings (SSSR count). The van der Waals surface area contributed by atoms with Crippen molar-refractivity contribution < 1.29 is 0 Å². The van der Waals surface area contributed by atoms with Gasteiger partial charge < -0.3 is 5.32 Å². The van der Waals surface area contributed by atoms with E-state index in [1.165, 1.54) is 16.7 Å². The van der Waals surface area contributed by atoms with E-state index in [0.29, 0.717) is 0 Å². The van der Waals surface area contributed by atoms with E-state index in [-0.39, 0.29) is 12.1 Å². The Morgan fingerprint density at radius 1 is 1.10 bits per heavy atom. The highest BCUT2D eigenvalue weighted by Crippen LogP contribution is 2.30. The van der Waals surface area contributed by atoms with Crippen LogP contribution in [0.4, 0.5) is 0 Å². The first-order chi connectivity index (χ1) is 10.2. The monoisotopic (exact) mass is 296 g/mol. The Balaban J connectivity index is 1.67. The van der Waals surface area contributed by atoms with Crippen LogP contribution in [-0.2, 0) is 0 Å². The van der Waals surface area contributed by atoms with E-state index in [4.69, 9.17) is 4.99 Å². The van der Waals surface area contributed by atoms with Gasteiger partial charge in [0, 0.05) is 5.75 Å². The lowest BCUT2D eigenvalue weighted by atomic mass is 10.1. The van der Waals surface area contributed by atoms with Gasteiger partial charge in [0.2, 0.25) is 0 Å². The van der Waals surface area contributed by atoms with Gasteiger partial charge in [0.1, 0.15) is 0 Å². The van der Waals surface area contributed by atoms with Crippen molar-refractivity contribution in [2.75, 3.05) is 5.75 Å². The molecule has 0 radical (unpaired) electrons. The van der Waals surface area contributed by atoms with Crippen LogP contribution in [0.3, 0.4) is 0 Å². The van der Waals surface area contributed by atoms with Crippen molar-refractivity contribution in [3.05, 3.63) is 71.3 Å². The van der Waals surface area contributed by atoms with Crippen LogP contribution in [0.25, 0.3) is 0 Å². The lowest BCUT2D eigenvalue weighted by Gasteiger charge is -2.15. The largest absolute Gasteiger partial charge is 0.358 e. The van der Waals surface area contributed by atoms with Crippen molar-refractivity contribution in [3.8, 4) is 0 Å². The fourth-order valence-corrected chi connectivity index (χ4v) is 3.47. The Morgan fingerprint density at radius 2 is 1.81 bits per heavy atom. The van der Waals surface area contributed by atoms with E-state index in [9.17, 15) is 0 Å². The molecule has 2 aromatic carbocycles. The summed E-state index contributed by atoms with van der Waals surface area (Å²) in [5.41, 5.74) is 3.89. The maximum absolute atomic E-state index is 4.81. The molecule has 0 spiro atoms. The topological polar surface area (TPSA) is 24.4 Å². The highest BCUT2D eigenvalue weighted by Gasteiger charge is 2.20. The van der Waals surface area contributed by atoms with Crippen molar-refractivity contribution >= 4 is 16.9 Å². The molecule has 1 heterocycles. The Kier molecular flexibility index (Phi) is 4.30. The van der Waals surface area contributed by atoms with E-state index < -0.39 is 0 Å². The summed E-state index contributed by atoms with van der Waals surface area (Å²) in [5, 5.41) is 4.58. The van der Waals surface area contributed by atoms with Gasteiger partial charge in [-0.1, -0.05) is 71.9 Å². The summed E-state index contributed by atoms with van der Waals surface area (Å²) in [7, 11) is 0. The maximum atomic E-state index is 4.81. The molecule has 0 aliphatic carbocycles. The smallest absolute Gasteiger partial charge is 0.157 e. The minimum absolute atomic E-state index is 0.281. The van der Waals surface area contributed by atoms with Gasteiger partial charge in [-0.15, -0.1) is 0 Å². The molecule has 2 nitrogen and oxygen atoms in total. The van der Waals surface area contributed by atoms with Gasteiger partial charge in [0.05, 0.1) is 12.1 Å². The van der Waals surface area contributed by atoms with E-state index in [1.54, 1.807) is 0 Å². The molecular formula is C18H20N2S. The molecule has 0 aromatic heterocycles. The first-order valence-electron chi connectivity index (χ1n) is 7.31. The Bertz CT molecular complexity index is 619. The van der Waals surface area contributed by atoms with Crippen LogP contribution in [0, 0.1) is 6.92 Å². The number of aliphatic imine (C=N–C) groups is 1. The molecule has 2 unspecified atom stereocenters. The standard InChI is InChI=1S/C18H20N2S/c1-13-8-10-15(11-9-13)14(2)19-18-20-17(12-21-18)16-6-4-3-5-7-16/h3-11,14,17H,12H2,1-2H3,(H,19,20). The average molecular weight is 296 g/mol. The predicted octanol–water partition coefficient (Wildman–Crippen LogP) is 4.49. The number of hydrogen-bond donors (Lipinski definition) is 1. The molecule has 0 bridgehead atoms. The highest BCUT2D eigenvalue weighted by molar-refractivity contribution is 8.14. The zero-order valence-electron chi connectivity index (χ0n) is 12.4. The first-order valence-corrected chi connectivity index (χ1v) is 8.29. The van der Waals surface area contributed by atoms with Crippen LogP contribution in [0.15, 0.2) is 59.6 Å². The number of benzene rings is 2. The van der Waals surface area contributed by atoms with Crippen molar-refractivity contribution in [1.29, 1.82) is 0 Å². The molecule has 2 atom stereocenters. The van der Waals surface area contributed by atoms with Gasteiger partial charge in [-0.2, -0.15) is 0 Å². The van der Waals surface area contributed by atoms with E-state index in [2.05, 4.69) is 67.7 Å². The molecule has 108 valence electrons. The zero-order chi connectivity index (χ0) is 14.7. The van der Waals surface area contributed by atoms with Crippen LogP contribution < -0.4 is 5.32 Å². The SMILES string of the molecule is Cc1ccc(C(C)NC2=NC(c3ccccc3)CS2)cc1. The number of thioether (sulfide) groups is 1. The third kappa shape index (κ3) is 3.48. The minimum Gasteiger partial charge on any atom is -0.358 e. The van der Waals surface area contributed by atoms with Crippen molar-refractivity contribution in [1.82, 2.24) is 5.32 Å². The van der Waals surface area contributed by atoms with Crippen LogP contribution >= 0.6 is 11.8 Å². The lowest BCUT2D eigenvalue weighted by molar-refractivity contribution is 0.717. The quantitative estimate of drug-likeness (QED) is 0.902. The van der Waals surface area contributed by atoms with Gasteiger partial charge in [-0.25, -0.2) is 0 Å². The second-order valence-corrected chi connectivity index (χ2v) is 6.46. The third-order valence-corrected chi connectivity index (χ3v) is 4.73. The Hall–Kier alpha value is -1.74. The second-order valence-electron chi connectivity index (χ2n) is 5.45. The summed E-state index contributed by atoms with van der Waals surface area (Å²) in [5.74, 6) is 1.02. The highest BCUT2D eigenvalue weighted by atomic mass is 32.2. The third-order valence-electron chi connectivity index (χ3n) is 3.75. The van der Waals surface area contributed by atoms with Gasteiger partial charge in [-0.3, -0.25) is 4.99 Å². The zero-order valence-corrected chi connectivity index (χ0v) is 13.2. The van der Waals surface area contributed by atoms with Crippen LogP contribution in [0.5, 0.6) is 0 Å². The minimum atomic E-state index is 0.281. The van der Waals surface area contributed by atoms with Gasteiger partial charge in [-0.05, 0) is 25.0 Å². The Morgan fingerprint density at radius 3 is 2.52 bits per heavy atom. The molecule has 0 saturated carbocycles. The normalized spacial score (nSPS) is 19.1. The fourth-order valence-electron chi connectivity index (χ4n) is 2.42. The van der Waals surface area contributed by atoms with E-state index in [0.717, 1.165) is 10.9 Å².